The number of aromatic nitrogens is 3. The fourth-order valence-electron chi connectivity index (χ4n) is 1.69. The SMILES string of the molecule is C=CC(C)n1c(-c2ccc(C)cc2)n[nH]c1=S. The van der Waals surface area contributed by atoms with Crippen molar-refractivity contribution in [2.75, 3.05) is 0 Å². The Labute approximate surface area is 106 Å². The van der Waals surface area contributed by atoms with E-state index in [9.17, 15) is 0 Å². The highest BCUT2D eigenvalue weighted by Crippen LogP contribution is 2.21. The molecule has 0 aliphatic carbocycles. The maximum Gasteiger partial charge on any atom is 0.195 e. The van der Waals surface area contributed by atoms with Crippen molar-refractivity contribution >= 4 is 12.2 Å². The number of allylic oxidation sites excluding steroid dienone is 1. The minimum absolute atomic E-state index is 0.123. The highest BCUT2D eigenvalue weighted by Gasteiger charge is 2.11. The van der Waals surface area contributed by atoms with Gasteiger partial charge in [0.05, 0.1) is 6.04 Å². The van der Waals surface area contributed by atoms with E-state index in [-0.39, 0.29) is 6.04 Å². The zero-order chi connectivity index (χ0) is 12.4. The molecule has 1 heterocycles. The van der Waals surface area contributed by atoms with Crippen molar-refractivity contribution in [3.05, 3.63) is 47.3 Å². The van der Waals surface area contributed by atoms with Crippen LogP contribution < -0.4 is 0 Å². The smallest absolute Gasteiger partial charge is 0.195 e. The summed E-state index contributed by atoms with van der Waals surface area (Å²) in [6.07, 6.45) is 1.85. The van der Waals surface area contributed by atoms with Crippen LogP contribution in [0, 0.1) is 11.7 Å². The predicted octanol–water partition coefficient (Wildman–Crippen LogP) is 3.66. The summed E-state index contributed by atoms with van der Waals surface area (Å²) < 4.78 is 2.58. The molecule has 17 heavy (non-hydrogen) atoms. The third kappa shape index (κ3) is 2.22. The van der Waals surface area contributed by atoms with Gasteiger partial charge in [0.15, 0.2) is 10.6 Å². The van der Waals surface area contributed by atoms with Crippen LogP contribution in [0.15, 0.2) is 36.9 Å². The molecule has 0 spiro atoms. The van der Waals surface area contributed by atoms with Crippen molar-refractivity contribution in [3.8, 4) is 11.4 Å². The summed E-state index contributed by atoms with van der Waals surface area (Å²) in [5.74, 6) is 0.849. The summed E-state index contributed by atoms with van der Waals surface area (Å²) >= 11 is 5.24. The number of H-pyrrole nitrogens is 1. The van der Waals surface area contributed by atoms with Gasteiger partial charge in [-0.25, -0.2) is 0 Å². The molecule has 1 unspecified atom stereocenters. The quantitative estimate of drug-likeness (QED) is 0.661. The molecule has 0 fully saturated rings. The van der Waals surface area contributed by atoms with Crippen molar-refractivity contribution < 1.29 is 0 Å². The van der Waals surface area contributed by atoms with Gasteiger partial charge in [-0.3, -0.25) is 9.67 Å². The molecule has 2 rings (SSSR count). The van der Waals surface area contributed by atoms with E-state index in [1.165, 1.54) is 5.56 Å². The van der Waals surface area contributed by atoms with E-state index >= 15 is 0 Å². The van der Waals surface area contributed by atoms with Crippen molar-refractivity contribution in [2.24, 2.45) is 0 Å². The van der Waals surface area contributed by atoms with E-state index < -0.39 is 0 Å². The number of aryl methyl sites for hydroxylation is 1. The van der Waals surface area contributed by atoms with Gasteiger partial charge in [-0.2, -0.15) is 5.10 Å². The summed E-state index contributed by atoms with van der Waals surface area (Å²) in [6, 6.07) is 8.35. The molecule has 1 N–H and O–H groups in total. The van der Waals surface area contributed by atoms with Crippen LogP contribution in [0.1, 0.15) is 18.5 Å². The molecule has 1 aromatic heterocycles. The Morgan fingerprint density at radius 3 is 2.65 bits per heavy atom. The molecular weight excluding hydrogens is 230 g/mol. The van der Waals surface area contributed by atoms with E-state index in [1.807, 2.05) is 29.7 Å². The van der Waals surface area contributed by atoms with E-state index in [2.05, 4.69) is 35.8 Å². The summed E-state index contributed by atoms with van der Waals surface area (Å²) in [7, 11) is 0. The van der Waals surface area contributed by atoms with E-state index in [4.69, 9.17) is 12.2 Å². The molecule has 4 heteroatoms. The summed E-state index contributed by atoms with van der Waals surface area (Å²) in [4.78, 5) is 0. The second kappa shape index (κ2) is 4.67. The lowest BCUT2D eigenvalue weighted by molar-refractivity contribution is 0.657. The van der Waals surface area contributed by atoms with Crippen molar-refractivity contribution in [1.29, 1.82) is 0 Å². The van der Waals surface area contributed by atoms with Gasteiger partial charge in [0.2, 0.25) is 0 Å². The first kappa shape index (κ1) is 11.8. The number of hydrogen-bond donors (Lipinski definition) is 1. The number of rotatable bonds is 3. The lowest BCUT2D eigenvalue weighted by Gasteiger charge is -2.11. The molecule has 0 bridgehead atoms. The number of nitrogens with one attached hydrogen (secondary N) is 1. The standard InChI is InChI=1S/C13H15N3S/c1-4-10(3)16-12(14-15-13(16)17)11-7-5-9(2)6-8-11/h4-8,10H,1H2,2-3H3,(H,15,17). The van der Waals surface area contributed by atoms with Gasteiger partial charge in [-0.1, -0.05) is 35.9 Å². The van der Waals surface area contributed by atoms with Crippen LogP contribution in [0.2, 0.25) is 0 Å². The molecule has 0 aliphatic rings. The Hall–Kier alpha value is -1.68. The zero-order valence-electron chi connectivity index (χ0n) is 9.97. The van der Waals surface area contributed by atoms with E-state index in [0.717, 1.165) is 11.4 Å². The zero-order valence-corrected chi connectivity index (χ0v) is 10.8. The number of benzene rings is 1. The minimum Gasteiger partial charge on any atom is -0.293 e. The molecule has 2 aromatic rings. The van der Waals surface area contributed by atoms with Crippen LogP contribution in [0.25, 0.3) is 11.4 Å². The van der Waals surface area contributed by atoms with Crippen LogP contribution in [-0.4, -0.2) is 14.8 Å². The fourth-order valence-corrected chi connectivity index (χ4v) is 1.99. The van der Waals surface area contributed by atoms with Gasteiger partial charge >= 0.3 is 0 Å². The molecule has 0 saturated heterocycles. The first-order chi connectivity index (χ1) is 8.13. The van der Waals surface area contributed by atoms with Crippen LogP contribution in [0.5, 0.6) is 0 Å². The minimum atomic E-state index is 0.123. The topological polar surface area (TPSA) is 33.6 Å². The first-order valence-electron chi connectivity index (χ1n) is 5.50. The van der Waals surface area contributed by atoms with E-state index in [0.29, 0.717) is 4.77 Å². The highest BCUT2D eigenvalue weighted by molar-refractivity contribution is 7.71. The van der Waals surface area contributed by atoms with Crippen LogP contribution in [-0.2, 0) is 0 Å². The van der Waals surface area contributed by atoms with Gasteiger partial charge in [-0.15, -0.1) is 6.58 Å². The van der Waals surface area contributed by atoms with Crippen molar-refractivity contribution in [2.45, 2.75) is 19.9 Å². The summed E-state index contributed by atoms with van der Waals surface area (Å²) in [5.41, 5.74) is 2.28. The van der Waals surface area contributed by atoms with Crippen LogP contribution in [0.4, 0.5) is 0 Å². The monoisotopic (exact) mass is 245 g/mol. The Kier molecular flexibility index (Phi) is 3.24. The van der Waals surface area contributed by atoms with Crippen LogP contribution >= 0.6 is 12.2 Å². The van der Waals surface area contributed by atoms with Crippen molar-refractivity contribution in [1.82, 2.24) is 14.8 Å². The molecule has 0 radical (unpaired) electrons. The molecule has 0 saturated carbocycles. The average molecular weight is 245 g/mol. The average Bonchev–Trinajstić information content (AvgIpc) is 2.71. The lowest BCUT2D eigenvalue weighted by Crippen LogP contribution is -2.04. The van der Waals surface area contributed by atoms with Gasteiger partial charge < -0.3 is 0 Å². The number of nitrogens with zero attached hydrogens (tertiary/aromatic N) is 2. The molecule has 0 aliphatic heterocycles. The van der Waals surface area contributed by atoms with E-state index in [1.54, 1.807) is 0 Å². The molecule has 88 valence electrons. The van der Waals surface area contributed by atoms with Crippen molar-refractivity contribution in [3.63, 3.8) is 0 Å². The maximum atomic E-state index is 5.24. The molecule has 0 amide bonds. The lowest BCUT2D eigenvalue weighted by atomic mass is 10.1. The second-order valence-corrected chi connectivity index (χ2v) is 4.45. The molecule has 3 nitrogen and oxygen atoms in total. The summed E-state index contributed by atoms with van der Waals surface area (Å²) in [5, 5.41) is 7.12. The maximum absolute atomic E-state index is 5.24. The van der Waals surface area contributed by atoms with Gasteiger partial charge in [-0.05, 0) is 26.1 Å². The second-order valence-electron chi connectivity index (χ2n) is 4.06. The number of hydrogen-bond acceptors (Lipinski definition) is 2. The normalized spacial score (nSPS) is 12.4. The third-order valence-corrected chi connectivity index (χ3v) is 3.05. The molecule has 1 aromatic carbocycles. The van der Waals surface area contributed by atoms with Crippen LogP contribution in [0.3, 0.4) is 0 Å². The Morgan fingerprint density at radius 2 is 2.06 bits per heavy atom. The Balaban J connectivity index is 2.56. The third-order valence-electron chi connectivity index (χ3n) is 2.76. The number of aromatic amines is 1. The highest BCUT2D eigenvalue weighted by atomic mass is 32.1. The van der Waals surface area contributed by atoms with Gasteiger partial charge in [0.25, 0.3) is 0 Å². The Bertz CT molecular complexity index is 577. The molecular formula is C13H15N3S. The largest absolute Gasteiger partial charge is 0.293 e. The fraction of sp³-hybridized carbons (Fsp3) is 0.231. The van der Waals surface area contributed by atoms with Gasteiger partial charge in [0.1, 0.15) is 0 Å². The Morgan fingerprint density at radius 1 is 1.41 bits per heavy atom. The van der Waals surface area contributed by atoms with Gasteiger partial charge in [0, 0.05) is 5.56 Å². The summed E-state index contributed by atoms with van der Waals surface area (Å²) in [6.45, 7) is 7.90. The molecule has 1 atom stereocenters. The predicted molar refractivity (Wildman–Crippen MR) is 72.5 cm³/mol. The first-order valence-corrected chi connectivity index (χ1v) is 5.91.